The number of aromatic nitrogens is 1. The Labute approximate surface area is 123 Å². The van der Waals surface area contributed by atoms with Crippen molar-refractivity contribution in [1.29, 1.82) is 0 Å². The highest BCUT2D eigenvalue weighted by Crippen LogP contribution is 2.15. The Kier molecular flexibility index (Phi) is 8.85. The minimum Gasteiger partial charge on any atom is -0.489 e. The minimum atomic E-state index is -0.0279. The zero-order valence-electron chi connectivity index (χ0n) is 12.0. The summed E-state index contributed by atoms with van der Waals surface area (Å²) in [6.45, 7) is 2.84. The second kappa shape index (κ2) is 10.8. The van der Waals surface area contributed by atoms with Crippen LogP contribution in [0.15, 0.2) is 23.6 Å². The fourth-order valence-electron chi connectivity index (χ4n) is 1.44. The van der Waals surface area contributed by atoms with E-state index in [9.17, 15) is 0 Å². The molecule has 1 rings (SSSR count). The summed E-state index contributed by atoms with van der Waals surface area (Å²) in [4.78, 5) is 3.93. The van der Waals surface area contributed by atoms with Crippen LogP contribution in [0.3, 0.4) is 0 Å². The van der Waals surface area contributed by atoms with Gasteiger partial charge in [-0.05, 0) is 6.07 Å². The van der Waals surface area contributed by atoms with Crippen molar-refractivity contribution in [2.75, 3.05) is 46.8 Å². The number of oxime groups is 1. The predicted octanol–water partition coefficient (Wildman–Crippen LogP) is 0.235. The molecule has 0 spiro atoms. The van der Waals surface area contributed by atoms with Crippen molar-refractivity contribution < 1.29 is 24.2 Å². The molecule has 0 aliphatic rings. The number of nitrogens with zero attached hydrogens (tertiary/aromatic N) is 2. The summed E-state index contributed by atoms with van der Waals surface area (Å²) in [6, 6.07) is 1.61. The molecule has 0 amide bonds. The second-order valence-corrected chi connectivity index (χ2v) is 3.92. The van der Waals surface area contributed by atoms with E-state index in [1.165, 1.54) is 12.4 Å². The third-order valence-electron chi connectivity index (χ3n) is 2.46. The van der Waals surface area contributed by atoms with E-state index in [2.05, 4.69) is 10.1 Å². The monoisotopic (exact) mass is 299 g/mol. The molecule has 0 bridgehead atoms. The van der Waals surface area contributed by atoms with Gasteiger partial charge in [0, 0.05) is 13.3 Å². The number of rotatable bonds is 11. The molecule has 3 N–H and O–H groups in total. The average Bonchev–Trinajstić information content (AvgIpc) is 2.53. The summed E-state index contributed by atoms with van der Waals surface area (Å²) >= 11 is 0. The Hall–Kier alpha value is -1.90. The highest BCUT2D eigenvalue weighted by atomic mass is 16.6. The molecule has 0 saturated carbocycles. The molecule has 0 fully saturated rings. The fraction of sp³-hybridized carbons (Fsp3) is 0.538. The lowest BCUT2D eigenvalue weighted by molar-refractivity contribution is 0.0179. The summed E-state index contributed by atoms with van der Waals surface area (Å²) in [5.74, 6) is 0.410. The molecule has 8 nitrogen and oxygen atoms in total. The highest BCUT2D eigenvalue weighted by molar-refractivity contribution is 5.99. The Morgan fingerprint density at radius 1 is 1.19 bits per heavy atom. The minimum absolute atomic E-state index is 0.0279. The zero-order valence-corrected chi connectivity index (χ0v) is 12.0. The van der Waals surface area contributed by atoms with Crippen molar-refractivity contribution in [2.24, 2.45) is 10.9 Å². The van der Waals surface area contributed by atoms with Crippen molar-refractivity contribution in [2.45, 2.75) is 0 Å². The van der Waals surface area contributed by atoms with Crippen molar-refractivity contribution in [3.63, 3.8) is 0 Å². The number of amidine groups is 1. The third-order valence-corrected chi connectivity index (χ3v) is 2.46. The molecule has 0 aliphatic carbocycles. The average molecular weight is 299 g/mol. The first-order chi connectivity index (χ1) is 10.3. The maximum Gasteiger partial charge on any atom is 0.173 e. The van der Waals surface area contributed by atoms with Gasteiger partial charge in [0.2, 0.25) is 0 Å². The van der Waals surface area contributed by atoms with Gasteiger partial charge in [0.05, 0.1) is 44.8 Å². The molecule has 8 heteroatoms. The SMILES string of the molecule is COCCOCCOCCOc1cnccc1/C(N)=N/O. The predicted molar refractivity (Wildman–Crippen MR) is 75.8 cm³/mol. The van der Waals surface area contributed by atoms with Crippen molar-refractivity contribution >= 4 is 5.84 Å². The first kappa shape index (κ1) is 17.2. The van der Waals surface area contributed by atoms with E-state index in [0.717, 1.165) is 0 Å². The lowest BCUT2D eigenvalue weighted by atomic mass is 10.2. The third kappa shape index (κ3) is 6.89. The van der Waals surface area contributed by atoms with Crippen LogP contribution in [0.5, 0.6) is 5.75 Å². The van der Waals surface area contributed by atoms with Crippen LogP contribution in [0.25, 0.3) is 0 Å². The summed E-state index contributed by atoms with van der Waals surface area (Å²) < 4.78 is 20.9. The van der Waals surface area contributed by atoms with Crippen LogP contribution in [0.4, 0.5) is 0 Å². The topological polar surface area (TPSA) is 108 Å². The van der Waals surface area contributed by atoms with Crippen LogP contribution < -0.4 is 10.5 Å². The molecule has 0 unspecified atom stereocenters. The molecular weight excluding hydrogens is 278 g/mol. The maximum absolute atomic E-state index is 8.68. The van der Waals surface area contributed by atoms with Gasteiger partial charge in [-0.2, -0.15) is 0 Å². The molecule has 0 saturated heterocycles. The molecule has 1 aromatic heterocycles. The molecular formula is C13H21N3O5. The van der Waals surface area contributed by atoms with E-state index in [4.69, 9.17) is 29.9 Å². The van der Waals surface area contributed by atoms with Gasteiger partial charge in [-0.15, -0.1) is 0 Å². The molecule has 118 valence electrons. The lowest BCUT2D eigenvalue weighted by Crippen LogP contribution is -2.17. The Morgan fingerprint density at radius 3 is 2.52 bits per heavy atom. The van der Waals surface area contributed by atoms with Crippen molar-refractivity contribution in [3.05, 3.63) is 24.0 Å². The van der Waals surface area contributed by atoms with E-state index < -0.39 is 0 Å². The lowest BCUT2D eigenvalue weighted by Gasteiger charge is -2.10. The maximum atomic E-state index is 8.68. The molecule has 0 atom stereocenters. The molecule has 1 heterocycles. The molecule has 1 aromatic rings. The van der Waals surface area contributed by atoms with E-state index >= 15 is 0 Å². The zero-order chi connectivity index (χ0) is 15.3. The van der Waals surface area contributed by atoms with Crippen molar-refractivity contribution in [1.82, 2.24) is 4.98 Å². The first-order valence-electron chi connectivity index (χ1n) is 6.48. The second-order valence-electron chi connectivity index (χ2n) is 3.92. The highest BCUT2D eigenvalue weighted by Gasteiger charge is 2.07. The summed E-state index contributed by atoms with van der Waals surface area (Å²) in [5.41, 5.74) is 6.02. The van der Waals surface area contributed by atoms with Gasteiger partial charge in [-0.3, -0.25) is 4.98 Å². The van der Waals surface area contributed by atoms with E-state index in [1.807, 2.05) is 0 Å². The van der Waals surface area contributed by atoms with Gasteiger partial charge >= 0.3 is 0 Å². The number of pyridine rings is 1. The Morgan fingerprint density at radius 2 is 1.86 bits per heavy atom. The van der Waals surface area contributed by atoms with E-state index in [1.54, 1.807) is 13.2 Å². The number of nitrogens with two attached hydrogens (primary N) is 1. The van der Waals surface area contributed by atoms with Crippen LogP contribution in [0.2, 0.25) is 0 Å². The Bertz CT molecular complexity index is 428. The summed E-state index contributed by atoms with van der Waals surface area (Å²) in [7, 11) is 1.62. The van der Waals surface area contributed by atoms with Crippen molar-refractivity contribution in [3.8, 4) is 5.75 Å². The smallest absolute Gasteiger partial charge is 0.173 e. The van der Waals surface area contributed by atoms with Gasteiger partial charge in [-0.1, -0.05) is 5.16 Å². The van der Waals surface area contributed by atoms with Crippen LogP contribution in [-0.2, 0) is 14.2 Å². The number of hydrogen-bond donors (Lipinski definition) is 2. The molecule has 21 heavy (non-hydrogen) atoms. The quantitative estimate of drug-likeness (QED) is 0.198. The number of ether oxygens (including phenoxy) is 4. The van der Waals surface area contributed by atoms with E-state index in [-0.39, 0.29) is 5.84 Å². The van der Waals surface area contributed by atoms with Gasteiger partial charge in [0.25, 0.3) is 0 Å². The summed E-state index contributed by atoms with van der Waals surface area (Å²) in [6.07, 6.45) is 3.04. The van der Waals surface area contributed by atoms with Gasteiger partial charge < -0.3 is 29.9 Å². The molecule has 0 aliphatic heterocycles. The van der Waals surface area contributed by atoms with Crippen LogP contribution >= 0.6 is 0 Å². The normalized spacial score (nSPS) is 11.6. The standard InChI is InChI=1S/C13H21N3O5/c1-18-4-5-19-6-7-20-8-9-21-12-10-15-3-2-11(12)13(14)16-17/h2-3,10,17H,4-9H2,1H3,(H2,14,16). The van der Waals surface area contributed by atoms with Gasteiger partial charge in [0.1, 0.15) is 12.4 Å². The van der Waals surface area contributed by atoms with Gasteiger partial charge in [0.15, 0.2) is 5.84 Å². The number of methoxy groups -OCH3 is 1. The van der Waals surface area contributed by atoms with Crippen LogP contribution in [0.1, 0.15) is 5.56 Å². The largest absolute Gasteiger partial charge is 0.489 e. The molecule has 0 radical (unpaired) electrons. The summed E-state index contributed by atoms with van der Waals surface area (Å²) in [5, 5.41) is 11.6. The fourth-order valence-corrected chi connectivity index (χ4v) is 1.44. The van der Waals surface area contributed by atoms with Crippen LogP contribution in [0, 0.1) is 0 Å². The van der Waals surface area contributed by atoms with E-state index in [0.29, 0.717) is 51.0 Å². The molecule has 0 aromatic carbocycles. The van der Waals surface area contributed by atoms with Crippen LogP contribution in [-0.4, -0.2) is 62.8 Å². The Balaban J connectivity index is 2.19. The first-order valence-corrected chi connectivity index (χ1v) is 6.48. The number of hydrogen-bond acceptors (Lipinski definition) is 7. The van der Waals surface area contributed by atoms with Gasteiger partial charge in [-0.25, -0.2) is 0 Å².